The van der Waals surface area contributed by atoms with Crippen LogP contribution in [0.1, 0.15) is 25.0 Å². The molecule has 4 heteroatoms. The molecule has 0 saturated heterocycles. The zero-order valence-electron chi connectivity index (χ0n) is 38.2. The Morgan fingerprint density at radius 1 is 0.348 bits per heavy atom. The Morgan fingerprint density at radius 3 is 1.65 bits per heavy atom. The lowest BCUT2D eigenvalue weighted by Crippen LogP contribution is -2.14. The molecule has 3 heterocycles. The molecule has 14 rings (SSSR count). The number of hydrogen-bond donors (Lipinski definition) is 0. The van der Waals surface area contributed by atoms with Crippen molar-refractivity contribution in [3.05, 3.63) is 242 Å². The first-order valence-corrected chi connectivity index (χ1v) is 23.8. The number of rotatable bonds is 6. The molecule has 0 amide bonds. The second-order valence-corrected chi connectivity index (χ2v) is 18.9. The van der Waals surface area contributed by atoms with E-state index in [1.54, 1.807) is 0 Å². The lowest BCUT2D eigenvalue weighted by molar-refractivity contribution is 0.660. The van der Waals surface area contributed by atoms with Gasteiger partial charge in [0.2, 0.25) is 5.95 Å². The van der Waals surface area contributed by atoms with Gasteiger partial charge in [0.25, 0.3) is 0 Å². The maximum atomic E-state index is 5.50. The van der Waals surface area contributed by atoms with E-state index in [0.29, 0.717) is 5.95 Å². The van der Waals surface area contributed by atoms with Crippen LogP contribution in [0.25, 0.3) is 122 Å². The van der Waals surface area contributed by atoms with Crippen molar-refractivity contribution >= 4 is 54.5 Å². The molecule has 0 spiro atoms. The van der Waals surface area contributed by atoms with Gasteiger partial charge in [-0.2, -0.15) is 0 Å². The first-order valence-electron chi connectivity index (χ1n) is 23.8. The Morgan fingerprint density at radius 2 is 0.884 bits per heavy atom. The van der Waals surface area contributed by atoms with Crippen molar-refractivity contribution in [2.24, 2.45) is 0 Å². The zero-order chi connectivity index (χ0) is 45.8. The van der Waals surface area contributed by atoms with Gasteiger partial charge in [0, 0.05) is 49.2 Å². The van der Waals surface area contributed by atoms with Crippen LogP contribution in [-0.2, 0) is 5.41 Å². The molecule has 0 N–H and O–H groups in total. The van der Waals surface area contributed by atoms with Crippen LogP contribution in [0.4, 0.5) is 0 Å². The van der Waals surface area contributed by atoms with Gasteiger partial charge in [0.05, 0.1) is 33.3 Å². The summed E-state index contributed by atoms with van der Waals surface area (Å²) in [6.45, 7) is 4.70. The summed E-state index contributed by atoms with van der Waals surface area (Å²) < 4.78 is 4.70. The molecule has 0 unspecified atom stereocenters. The summed E-state index contributed by atoms with van der Waals surface area (Å²) in [6, 6.07) is 83.7. The van der Waals surface area contributed by atoms with E-state index in [2.05, 4.69) is 254 Å². The summed E-state index contributed by atoms with van der Waals surface area (Å²) in [5, 5.41) is 5.77. The lowest BCUT2D eigenvalue weighted by atomic mass is 9.82. The predicted molar refractivity (Wildman–Crippen MR) is 288 cm³/mol. The van der Waals surface area contributed by atoms with Crippen LogP contribution >= 0.6 is 0 Å². The van der Waals surface area contributed by atoms with Crippen LogP contribution in [0, 0.1) is 0 Å². The van der Waals surface area contributed by atoms with E-state index in [0.717, 1.165) is 66.3 Å². The van der Waals surface area contributed by atoms with E-state index in [-0.39, 0.29) is 5.41 Å². The highest BCUT2D eigenvalue weighted by Gasteiger charge is 2.36. The van der Waals surface area contributed by atoms with Crippen LogP contribution in [0.15, 0.2) is 231 Å². The Bertz CT molecular complexity index is 4170. The van der Waals surface area contributed by atoms with Gasteiger partial charge < -0.3 is 4.57 Å². The number of benzene rings is 10. The minimum atomic E-state index is -0.0645. The molecular formula is C65H44N4. The van der Waals surface area contributed by atoms with E-state index in [1.165, 1.54) is 60.8 Å². The standard InChI is InChI=1S/C65H44N4/c1-65(2)55-31-10-6-26-52(55)61-47(28-17-32-56(61)65)44-22-14-20-42(38-44)43-21-15-23-45(39-43)48-29-16-30-51-54-40-46(68-58-34-12-8-24-49(58)50-25-9-13-35-59(50)68)36-37-60(54)69(63(48)51)64-66-57-33-11-7-27-53(57)62(67-64)41-18-4-3-5-19-41/h3-40H,1-2H3. The second-order valence-electron chi connectivity index (χ2n) is 18.9. The van der Waals surface area contributed by atoms with Gasteiger partial charge in [0.1, 0.15) is 0 Å². The minimum Gasteiger partial charge on any atom is -0.309 e. The third-order valence-corrected chi connectivity index (χ3v) is 14.7. The highest BCUT2D eigenvalue weighted by Crippen LogP contribution is 2.52. The number of para-hydroxylation sites is 4. The van der Waals surface area contributed by atoms with Gasteiger partial charge >= 0.3 is 0 Å². The van der Waals surface area contributed by atoms with Crippen molar-refractivity contribution in [1.82, 2.24) is 19.1 Å². The van der Waals surface area contributed by atoms with E-state index in [4.69, 9.17) is 9.97 Å². The van der Waals surface area contributed by atoms with E-state index < -0.39 is 0 Å². The number of nitrogens with zero attached hydrogens (tertiary/aromatic N) is 4. The molecule has 10 aromatic carbocycles. The summed E-state index contributed by atoms with van der Waals surface area (Å²) in [5.74, 6) is 0.633. The quantitative estimate of drug-likeness (QED) is 0.167. The fourth-order valence-electron chi connectivity index (χ4n) is 11.5. The smallest absolute Gasteiger partial charge is 0.235 e. The fourth-order valence-corrected chi connectivity index (χ4v) is 11.5. The molecule has 4 nitrogen and oxygen atoms in total. The topological polar surface area (TPSA) is 35.6 Å². The number of aromatic nitrogens is 4. The molecule has 0 saturated carbocycles. The van der Waals surface area contributed by atoms with Crippen molar-refractivity contribution in [3.63, 3.8) is 0 Å². The van der Waals surface area contributed by atoms with Crippen LogP contribution in [0.2, 0.25) is 0 Å². The minimum absolute atomic E-state index is 0.0645. The van der Waals surface area contributed by atoms with Crippen molar-refractivity contribution in [1.29, 1.82) is 0 Å². The molecule has 13 aromatic rings. The average Bonchev–Trinajstić information content (AvgIpc) is 4.01. The highest BCUT2D eigenvalue weighted by molar-refractivity contribution is 6.15. The fraction of sp³-hybridized carbons (Fsp3) is 0.0462. The molecule has 1 aliphatic rings. The summed E-state index contributed by atoms with van der Waals surface area (Å²) in [4.78, 5) is 10.9. The molecule has 3 aromatic heterocycles. The molecule has 0 atom stereocenters. The summed E-state index contributed by atoms with van der Waals surface area (Å²) in [5.41, 5.74) is 20.8. The van der Waals surface area contributed by atoms with Gasteiger partial charge in [-0.25, -0.2) is 9.97 Å². The van der Waals surface area contributed by atoms with E-state index in [1.807, 2.05) is 0 Å². The zero-order valence-corrected chi connectivity index (χ0v) is 38.2. The van der Waals surface area contributed by atoms with Crippen molar-refractivity contribution < 1.29 is 0 Å². The van der Waals surface area contributed by atoms with E-state index >= 15 is 0 Å². The number of fused-ring (bicyclic) bond motifs is 10. The normalized spacial score (nSPS) is 12.9. The molecule has 0 radical (unpaired) electrons. The average molecular weight is 881 g/mol. The van der Waals surface area contributed by atoms with Crippen molar-refractivity contribution in [2.45, 2.75) is 19.3 Å². The summed E-state index contributed by atoms with van der Waals surface area (Å²) >= 11 is 0. The SMILES string of the molecule is CC1(C)c2ccccc2-c2c(-c3cccc(-c4cccc(-c5cccc6c7cc(-n8c9ccccc9c9ccccc98)ccc7n(-c7nc(-c8ccccc8)c8ccccc8n7)c56)c4)c3)cccc21. The Kier molecular flexibility index (Phi) is 8.59. The largest absolute Gasteiger partial charge is 0.309 e. The third-order valence-electron chi connectivity index (χ3n) is 14.7. The van der Waals surface area contributed by atoms with Crippen molar-refractivity contribution in [3.8, 4) is 67.4 Å². The third kappa shape index (κ3) is 5.95. The number of hydrogen-bond acceptors (Lipinski definition) is 2. The Hall–Kier alpha value is -8.86. The monoisotopic (exact) mass is 880 g/mol. The molecule has 0 fully saturated rings. The van der Waals surface area contributed by atoms with Gasteiger partial charge in [-0.1, -0.05) is 196 Å². The van der Waals surface area contributed by atoms with Crippen LogP contribution < -0.4 is 0 Å². The van der Waals surface area contributed by atoms with E-state index in [9.17, 15) is 0 Å². The van der Waals surface area contributed by atoms with Crippen LogP contribution in [0.3, 0.4) is 0 Å². The predicted octanol–water partition coefficient (Wildman–Crippen LogP) is 16.8. The first kappa shape index (κ1) is 39.3. The van der Waals surface area contributed by atoms with Crippen LogP contribution in [0.5, 0.6) is 0 Å². The maximum Gasteiger partial charge on any atom is 0.235 e. The molecule has 1 aliphatic carbocycles. The van der Waals surface area contributed by atoms with Crippen molar-refractivity contribution in [2.75, 3.05) is 0 Å². The molecular weight excluding hydrogens is 837 g/mol. The molecule has 69 heavy (non-hydrogen) atoms. The van der Waals surface area contributed by atoms with Gasteiger partial charge in [-0.3, -0.25) is 4.57 Å². The van der Waals surface area contributed by atoms with Gasteiger partial charge in [0.15, 0.2) is 0 Å². The van der Waals surface area contributed by atoms with Gasteiger partial charge in [-0.15, -0.1) is 0 Å². The molecule has 324 valence electrons. The second kappa shape index (κ2) is 15.1. The summed E-state index contributed by atoms with van der Waals surface area (Å²) in [7, 11) is 0. The Labute approximate surface area is 400 Å². The maximum absolute atomic E-state index is 5.50. The first-order chi connectivity index (χ1) is 34.0. The highest BCUT2D eigenvalue weighted by atomic mass is 15.2. The Balaban J connectivity index is 0.986. The summed E-state index contributed by atoms with van der Waals surface area (Å²) in [6.07, 6.45) is 0. The molecule has 0 bridgehead atoms. The molecule has 0 aliphatic heterocycles. The van der Waals surface area contributed by atoms with Gasteiger partial charge in [-0.05, 0) is 98.6 Å². The lowest BCUT2D eigenvalue weighted by Gasteiger charge is -2.21. The van der Waals surface area contributed by atoms with Crippen LogP contribution in [-0.4, -0.2) is 19.1 Å².